The van der Waals surface area contributed by atoms with Crippen LogP contribution in [0.2, 0.25) is 26.2 Å². The van der Waals surface area contributed by atoms with Crippen molar-refractivity contribution in [2.24, 2.45) is 0 Å². The van der Waals surface area contributed by atoms with Crippen LogP contribution in [0.4, 0.5) is 0 Å². The van der Waals surface area contributed by atoms with Crippen molar-refractivity contribution in [1.82, 2.24) is 0 Å². The Labute approximate surface area is 113 Å². The Kier molecular flexibility index (Phi) is 7.65. The van der Waals surface area contributed by atoms with E-state index in [1.165, 1.54) is 0 Å². The van der Waals surface area contributed by atoms with Crippen molar-refractivity contribution in [3.05, 3.63) is 30.3 Å². The standard InChI is InChI=1S/C9H14O2Si.C4H12OSi/c1-10-12(3,11-2)9-7-5-4-6-8-9;1-5-6(2,3)4/h4-8H,1-3H3;1-4H3. The second-order valence-electron chi connectivity index (χ2n) is 5.04. The minimum Gasteiger partial charge on any atom is -0.421 e. The monoisotopic (exact) mass is 286 g/mol. The maximum atomic E-state index is 5.39. The van der Waals surface area contributed by atoms with Crippen molar-refractivity contribution in [3.8, 4) is 0 Å². The van der Waals surface area contributed by atoms with Gasteiger partial charge in [-0.3, -0.25) is 0 Å². The summed E-state index contributed by atoms with van der Waals surface area (Å²) in [4.78, 5) is 0. The summed E-state index contributed by atoms with van der Waals surface area (Å²) >= 11 is 0. The first kappa shape index (κ1) is 17.5. The molecule has 0 radical (unpaired) electrons. The van der Waals surface area contributed by atoms with E-state index in [4.69, 9.17) is 13.3 Å². The summed E-state index contributed by atoms with van der Waals surface area (Å²) in [5.41, 5.74) is 0. The summed E-state index contributed by atoms with van der Waals surface area (Å²) in [5.74, 6) is 0. The molecular weight excluding hydrogens is 260 g/mol. The fourth-order valence-corrected chi connectivity index (χ4v) is 2.50. The first-order chi connectivity index (χ1) is 8.29. The Morgan fingerprint density at radius 1 is 0.722 bits per heavy atom. The van der Waals surface area contributed by atoms with Crippen molar-refractivity contribution in [1.29, 1.82) is 0 Å². The van der Waals surface area contributed by atoms with Crippen LogP contribution in [-0.4, -0.2) is 38.2 Å². The van der Waals surface area contributed by atoms with Gasteiger partial charge in [0.25, 0.3) is 0 Å². The van der Waals surface area contributed by atoms with Crippen LogP contribution in [0.1, 0.15) is 0 Å². The van der Waals surface area contributed by atoms with Gasteiger partial charge in [-0.15, -0.1) is 0 Å². The lowest BCUT2D eigenvalue weighted by Gasteiger charge is -2.22. The Bertz CT molecular complexity index is 319. The number of hydrogen-bond acceptors (Lipinski definition) is 3. The molecule has 0 saturated heterocycles. The molecule has 0 N–H and O–H groups in total. The molecule has 0 aliphatic heterocycles. The molecule has 0 unspecified atom stereocenters. The highest BCUT2D eigenvalue weighted by molar-refractivity contribution is 6.79. The highest BCUT2D eigenvalue weighted by Gasteiger charge is 2.30. The minimum atomic E-state index is -2.07. The van der Waals surface area contributed by atoms with Gasteiger partial charge in [0.1, 0.15) is 0 Å². The molecule has 0 aliphatic rings. The molecule has 0 spiro atoms. The zero-order valence-corrected chi connectivity index (χ0v) is 14.6. The Morgan fingerprint density at radius 3 is 1.39 bits per heavy atom. The molecule has 1 rings (SSSR count). The molecule has 0 aromatic heterocycles. The maximum absolute atomic E-state index is 5.39. The Morgan fingerprint density at radius 2 is 1.11 bits per heavy atom. The van der Waals surface area contributed by atoms with E-state index in [1.54, 1.807) is 21.3 Å². The van der Waals surface area contributed by atoms with Crippen LogP contribution in [0.15, 0.2) is 30.3 Å². The predicted octanol–water partition coefficient (Wildman–Crippen LogP) is 2.73. The van der Waals surface area contributed by atoms with Crippen molar-refractivity contribution in [2.75, 3.05) is 21.3 Å². The van der Waals surface area contributed by atoms with E-state index in [9.17, 15) is 0 Å². The topological polar surface area (TPSA) is 27.7 Å². The van der Waals surface area contributed by atoms with E-state index >= 15 is 0 Å². The number of benzene rings is 1. The van der Waals surface area contributed by atoms with Gasteiger partial charge in [0, 0.05) is 21.3 Å². The van der Waals surface area contributed by atoms with Crippen LogP contribution in [0, 0.1) is 0 Å². The third-order valence-electron chi connectivity index (χ3n) is 2.69. The highest BCUT2D eigenvalue weighted by Crippen LogP contribution is 2.04. The molecule has 0 aliphatic carbocycles. The van der Waals surface area contributed by atoms with Gasteiger partial charge in [0.15, 0.2) is 8.32 Å². The molecular formula is C13H26O3Si2. The van der Waals surface area contributed by atoms with Crippen LogP contribution < -0.4 is 5.19 Å². The predicted molar refractivity (Wildman–Crippen MR) is 82.1 cm³/mol. The summed E-state index contributed by atoms with van der Waals surface area (Å²) in [7, 11) is 1.96. The van der Waals surface area contributed by atoms with E-state index in [-0.39, 0.29) is 0 Å². The molecule has 0 atom stereocenters. The van der Waals surface area contributed by atoms with Crippen molar-refractivity contribution in [3.63, 3.8) is 0 Å². The van der Waals surface area contributed by atoms with Gasteiger partial charge in [-0.1, -0.05) is 30.3 Å². The van der Waals surface area contributed by atoms with Crippen LogP contribution >= 0.6 is 0 Å². The molecule has 0 heterocycles. The summed E-state index contributed by atoms with van der Waals surface area (Å²) in [6.45, 7) is 8.51. The quantitative estimate of drug-likeness (QED) is 0.797. The van der Waals surface area contributed by atoms with Gasteiger partial charge >= 0.3 is 8.56 Å². The van der Waals surface area contributed by atoms with Crippen molar-refractivity contribution >= 4 is 22.1 Å². The van der Waals surface area contributed by atoms with Gasteiger partial charge in [-0.2, -0.15) is 0 Å². The molecule has 0 fully saturated rings. The summed E-state index contributed by atoms with van der Waals surface area (Å²) in [5, 5.41) is 1.16. The number of hydrogen-bond donors (Lipinski definition) is 0. The smallest absolute Gasteiger partial charge is 0.368 e. The summed E-state index contributed by atoms with van der Waals surface area (Å²) in [6.07, 6.45) is 0. The second-order valence-corrected chi connectivity index (χ2v) is 13.0. The average molecular weight is 287 g/mol. The van der Waals surface area contributed by atoms with Crippen molar-refractivity contribution in [2.45, 2.75) is 26.2 Å². The molecule has 18 heavy (non-hydrogen) atoms. The molecule has 5 heteroatoms. The van der Waals surface area contributed by atoms with Crippen molar-refractivity contribution < 1.29 is 13.3 Å². The summed E-state index contributed by atoms with van der Waals surface area (Å²) < 4.78 is 15.9. The maximum Gasteiger partial charge on any atom is 0.368 e. The molecule has 3 nitrogen and oxygen atoms in total. The van der Waals surface area contributed by atoms with Crippen LogP contribution in [0.3, 0.4) is 0 Å². The molecule has 1 aromatic carbocycles. The van der Waals surface area contributed by atoms with Gasteiger partial charge in [0.05, 0.1) is 0 Å². The molecule has 0 amide bonds. The SMILES string of the molecule is CO[Si](C)(C)C.CO[Si](C)(OC)c1ccccc1. The molecule has 104 valence electrons. The van der Waals surface area contributed by atoms with Crippen LogP contribution in [0.5, 0.6) is 0 Å². The Hall–Kier alpha value is -0.466. The lowest BCUT2D eigenvalue weighted by atomic mass is 10.4. The van der Waals surface area contributed by atoms with Gasteiger partial charge in [-0.25, -0.2) is 0 Å². The number of rotatable bonds is 4. The zero-order valence-electron chi connectivity index (χ0n) is 12.6. The van der Waals surface area contributed by atoms with E-state index in [0.717, 1.165) is 5.19 Å². The van der Waals surface area contributed by atoms with E-state index < -0.39 is 16.9 Å². The van der Waals surface area contributed by atoms with Gasteiger partial charge in [0.2, 0.25) is 0 Å². The first-order valence-electron chi connectivity index (χ1n) is 6.00. The minimum absolute atomic E-state index is 1.13. The normalized spacial score (nSPS) is 11.7. The Balaban J connectivity index is 0.000000411. The van der Waals surface area contributed by atoms with E-state index in [0.29, 0.717) is 0 Å². The van der Waals surface area contributed by atoms with Gasteiger partial charge in [-0.05, 0) is 31.4 Å². The van der Waals surface area contributed by atoms with E-state index in [1.807, 2.05) is 36.9 Å². The molecule has 0 bridgehead atoms. The fourth-order valence-electron chi connectivity index (χ4n) is 1.06. The van der Waals surface area contributed by atoms with Crippen LogP contribution in [-0.2, 0) is 13.3 Å². The summed E-state index contributed by atoms with van der Waals surface area (Å²) in [6, 6.07) is 10.1. The van der Waals surface area contributed by atoms with Gasteiger partial charge < -0.3 is 13.3 Å². The highest BCUT2D eigenvalue weighted by atomic mass is 28.4. The third-order valence-corrected chi connectivity index (χ3v) is 6.85. The second kappa shape index (κ2) is 7.86. The zero-order chi connectivity index (χ0) is 14.2. The lowest BCUT2D eigenvalue weighted by molar-refractivity contribution is 0.265. The fraction of sp³-hybridized carbons (Fsp3) is 0.538. The average Bonchev–Trinajstić information content (AvgIpc) is 2.39. The lowest BCUT2D eigenvalue weighted by Crippen LogP contribution is -2.49. The first-order valence-corrected chi connectivity index (χ1v) is 11.7. The molecule has 1 aromatic rings. The van der Waals surface area contributed by atoms with E-state index in [2.05, 4.69) is 19.6 Å². The van der Waals surface area contributed by atoms with Crippen LogP contribution in [0.25, 0.3) is 0 Å². The molecule has 0 saturated carbocycles. The largest absolute Gasteiger partial charge is 0.421 e. The third kappa shape index (κ3) is 6.46.